The third kappa shape index (κ3) is 6.01. The first kappa shape index (κ1) is 17.8. The molecular formula is C14H16Cl4O2. The molecule has 0 aliphatic rings. The molecule has 0 aliphatic heterocycles. The first-order chi connectivity index (χ1) is 9.58. The van der Waals surface area contributed by atoms with E-state index in [0.717, 1.165) is 18.4 Å². The van der Waals surface area contributed by atoms with Gasteiger partial charge in [-0.25, -0.2) is 0 Å². The van der Waals surface area contributed by atoms with Crippen LogP contribution in [0.3, 0.4) is 0 Å². The Hall–Kier alpha value is -0.280. The smallest absolute Gasteiger partial charge is 0.141 e. The van der Waals surface area contributed by atoms with Crippen LogP contribution in [0, 0.1) is 0 Å². The molecule has 1 rings (SSSR count). The van der Waals surface area contributed by atoms with Crippen molar-refractivity contribution in [3.63, 3.8) is 0 Å². The summed E-state index contributed by atoms with van der Waals surface area (Å²) in [6.07, 6.45) is 3.13. The van der Waals surface area contributed by atoms with E-state index in [9.17, 15) is 0 Å². The van der Waals surface area contributed by atoms with E-state index in [0.29, 0.717) is 29.0 Å². The first-order valence-corrected chi connectivity index (χ1v) is 7.90. The summed E-state index contributed by atoms with van der Waals surface area (Å²) in [5.41, 5.74) is 0.989. The Kier molecular flexibility index (Phi) is 8.55. The summed E-state index contributed by atoms with van der Waals surface area (Å²) in [6.45, 7) is 2.86. The number of aryl methyl sites for hydroxylation is 1. The van der Waals surface area contributed by atoms with E-state index in [-0.39, 0.29) is 11.1 Å². The minimum atomic E-state index is 0.174. The van der Waals surface area contributed by atoms with Gasteiger partial charge in [-0.1, -0.05) is 41.7 Å². The lowest BCUT2D eigenvalue weighted by molar-refractivity contribution is 0.313. The van der Waals surface area contributed by atoms with Crippen molar-refractivity contribution in [1.29, 1.82) is 0 Å². The van der Waals surface area contributed by atoms with Crippen LogP contribution in [0.1, 0.15) is 18.9 Å². The minimum Gasteiger partial charge on any atom is -0.492 e. The predicted octanol–water partition coefficient (Wildman–Crippen LogP) is 5.61. The Morgan fingerprint density at radius 3 is 2.60 bits per heavy atom. The quantitative estimate of drug-likeness (QED) is 0.444. The molecule has 0 fully saturated rings. The van der Waals surface area contributed by atoms with Crippen LogP contribution in [0.15, 0.2) is 22.7 Å². The van der Waals surface area contributed by atoms with Gasteiger partial charge in [0.05, 0.1) is 11.6 Å². The van der Waals surface area contributed by atoms with Crippen molar-refractivity contribution in [2.24, 2.45) is 0 Å². The molecule has 0 saturated heterocycles. The van der Waals surface area contributed by atoms with Crippen LogP contribution < -0.4 is 9.47 Å². The lowest BCUT2D eigenvalue weighted by atomic mass is 10.1. The summed E-state index contributed by atoms with van der Waals surface area (Å²) < 4.78 is 11.4. The summed E-state index contributed by atoms with van der Waals surface area (Å²) in [6, 6.07) is 3.62. The van der Waals surface area contributed by atoms with Gasteiger partial charge in [0.2, 0.25) is 0 Å². The number of halogens is 4. The molecule has 0 radical (unpaired) electrons. The average molecular weight is 358 g/mol. The Labute approximate surface area is 139 Å². The molecule has 1 aromatic carbocycles. The van der Waals surface area contributed by atoms with Crippen LogP contribution in [0.2, 0.25) is 5.02 Å². The number of rotatable bonds is 8. The zero-order valence-corrected chi connectivity index (χ0v) is 14.1. The third-order valence-corrected chi connectivity index (χ3v) is 3.34. The van der Waals surface area contributed by atoms with Gasteiger partial charge in [0, 0.05) is 11.9 Å². The van der Waals surface area contributed by atoms with Crippen molar-refractivity contribution in [2.45, 2.75) is 19.8 Å². The van der Waals surface area contributed by atoms with Gasteiger partial charge < -0.3 is 9.47 Å². The van der Waals surface area contributed by atoms with Gasteiger partial charge in [0.25, 0.3) is 0 Å². The van der Waals surface area contributed by atoms with E-state index in [1.165, 1.54) is 0 Å². The Morgan fingerprint density at radius 1 is 1.25 bits per heavy atom. The topological polar surface area (TPSA) is 18.5 Å². The maximum absolute atomic E-state index is 6.23. The van der Waals surface area contributed by atoms with Gasteiger partial charge in [-0.05, 0) is 30.5 Å². The zero-order valence-electron chi connectivity index (χ0n) is 11.1. The molecular weight excluding hydrogens is 342 g/mol. The van der Waals surface area contributed by atoms with E-state index < -0.39 is 0 Å². The summed E-state index contributed by atoms with van der Waals surface area (Å²) >= 11 is 22.9. The van der Waals surface area contributed by atoms with Gasteiger partial charge in [-0.2, -0.15) is 0 Å². The summed E-state index contributed by atoms with van der Waals surface area (Å²) in [5.74, 6) is 1.91. The highest BCUT2D eigenvalue weighted by Gasteiger charge is 2.10. The Morgan fingerprint density at radius 2 is 2.00 bits per heavy atom. The second-order valence-corrected chi connectivity index (χ2v) is 5.74. The molecule has 6 heteroatoms. The number of ether oxygens (including phenoxy) is 2. The second-order valence-electron chi connectivity index (χ2n) is 3.94. The molecule has 0 bridgehead atoms. The van der Waals surface area contributed by atoms with E-state index >= 15 is 0 Å². The Bertz CT molecular complexity index is 457. The van der Waals surface area contributed by atoms with Gasteiger partial charge in [-0.15, -0.1) is 11.6 Å². The van der Waals surface area contributed by atoms with E-state index in [1.54, 1.807) is 12.1 Å². The molecule has 0 amide bonds. The molecule has 0 heterocycles. The minimum absolute atomic E-state index is 0.174. The highest BCUT2D eigenvalue weighted by Crippen LogP contribution is 2.34. The molecule has 0 spiro atoms. The van der Waals surface area contributed by atoms with Crippen molar-refractivity contribution in [2.75, 3.05) is 19.1 Å². The molecule has 0 aliphatic carbocycles. The normalized spacial score (nSPS) is 10.2. The van der Waals surface area contributed by atoms with Crippen LogP contribution in [0.25, 0.3) is 0 Å². The van der Waals surface area contributed by atoms with Crippen molar-refractivity contribution in [3.05, 3.63) is 33.3 Å². The van der Waals surface area contributed by atoms with Crippen molar-refractivity contribution < 1.29 is 9.47 Å². The fourth-order valence-electron chi connectivity index (χ4n) is 1.56. The number of hydrogen-bond acceptors (Lipinski definition) is 2. The van der Waals surface area contributed by atoms with Crippen LogP contribution in [-0.4, -0.2) is 19.1 Å². The van der Waals surface area contributed by atoms with Crippen LogP contribution in [0.4, 0.5) is 0 Å². The maximum Gasteiger partial charge on any atom is 0.141 e. The molecule has 0 atom stereocenters. The maximum atomic E-state index is 6.23. The number of benzene rings is 1. The standard InChI is InChI=1S/C14H16Cl4O2/c1-2-10-8-11(19-7-4-13(17)18)9-12(16)14(10)20-6-3-5-15/h4,8-9H,2-3,5-7H2,1H3. The molecule has 0 N–H and O–H groups in total. The number of hydrogen-bond donors (Lipinski definition) is 0. The predicted molar refractivity (Wildman–Crippen MR) is 86.9 cm³/mol. The largest absolute Gasteiger partial charge is 0.492 e. The van der Waals surface area contributed by atoms with E-state index in [2.05, 4.69) is 0 Å². The molecule has 0 aromatic heterocycles. The van der Waals surface area contributed by atoms with Crippen LogP contribution >= 0.6 is 46.4 Å². The second kappa shape index (κ2) is 9.62. The molecule has 1 aromatic rings. The molecule has 2 nitrogen and oxygen atoms in total. The van der Waals surface area contributed by atoms with Gasteiger partial charge >= 0.3 is 0 Å². The summed E-state index contributed by atoms with van der Waals surface area (Å²) in [7, 11) is 0. The highest BCUT2D eigenvalue weighted by atomic mass is 35.5. The fourth-order valence-corrected chi connectivity index (χ4v) is 2.08. The summed E-state index contributed by atoms with van der Waals surface area (Å²) in [5, 5.41) is 0.523. The average Bonchev–Trinajstić information content (AvgIpc) is 2.40. The van der Waals surface area contributed by atoms with E-state index in [1.807, 2.05) is 13.0 Å². The van der Waals surface area contributed by atoms with Crippen molar-refractivity contribution in [3.8, 4) is 11.5 Å². The first-order valence-electron chi connectivity index (χ1n) is 6.23. The fraction of sp³-hybridized carbons (Fsp3) is 0.429. The third-order valence-electron chi connectivity index (χ3n) is 2.49. The van der Waals surface area contributed by atoms with Crippen molar-refractivity contribution in [1.82, 2.24) is 0 Å². The molecule has 0 saturated carbocycles. The molecule has 0 unspecified atom stereocenters. The highest BCUT2D eigenvalue weighted by molar-refractivity contribution is 6.55. The molecule has 112 valence electrons. The molecule has 20 heavy (non-hydrogen) atoms. The monoisotopic (exact) mass is 356 g/mol. The van der Waals surface area contributed by atoms with Gasteiger partial charge in [-0.3, -0.25) is 0 Å². The van der Waals surface area contributed by atoms with Gasteiger partial charge in [0.1, 0.15) is 22.6 Å². The van der Waals surface area contributed by atoms with Crippen LogP contribution in [-0.2, 0) is 6.42 Å². The lowest BCUT2D eigenvalue weighted by Crippen LogP contribution is -2.02. The number of alkyl halides is 1. The van der Waals surface area contributed by atoms with Gasteiger partial charge in [0.15, 0.2) is 0 Å². The van der Waals surface area contributed by atoms with Crippen molar-refractivity contribution >= 4 is 46.4 Å². The Balaban J connectivity index is 2.81. The summed E-state index contributed by atoms with van der Waals surface area (Å²) in [4.78, 5) is 0. The zero-order chi connectivity index (χ0) is 15.0. The van der Waals surface area contributed by atoms with Crippen LogP contribution in [0.5, 0.6) is 11.5 Å². The SMILES string of the molecule is CCc1cc(OCC=C(Cl)Cl)cc(Cl)c1OCCCCl. The van der Waals surface area contributed by atoms with E-state index in [4.69, 9.17) is 55.9 Å². The lowest BCUT2D eigenvalue weighted by Gasteiger charge is -2.14.